The average molecular weight is 497 g/mol. The van der Waals surface area contributed by atoms with E-state index in [-0.39, 0.29) is 25.0 Å². The number of amides is 2. The van der Waals surface area contributed by atoms with Crippen molar-refractivity contribution in [2.45, 2.75) is 19.8 Å². The summed E-state index contributed by atoms with van der Waals surface area (Å²) in [4.78, 5) is 22.9. The first kappa shape index (κ1) is 32.6. The van der Waals surface area contributed by atoms with Crippen LogP contribution >= 0.6 is 0 Å². The van der Waals surface area contributed by atoms with Crippen LogP contribution in [0.2, 0.25) is 0 Å². The molecular weight excluding hydrogens is 452 g/mol. The van der Waals surface area contributed by atoms with E-state index in [0.717, 1.165) is 6.42 Å². The molecule has 12 heteroatoms. The average Bonchev–Trinajstić information content (AvgIpc) is 2.83. The fraction of sp³-hybridized carbons (Fsp3) is 0.909. The topological polar surface area (TPSA) is 143 Å². The van der Waals surface area contributed by atoms with Crippen LogP contribution in [0.1, 0.15) is 19.8 Å². The van der Waals surface area contributed by atoms with Gasteiger partial charge in [-0.25, -0.2) is 0 Å². The van der Waals surface area contributed by atoms with Gasteiger partial charge in [0.1, 0.15) is 6.61 Å². The monoisotopic (exact) mass is 496 g/mol. The van der Waals surface area contributed by atoms with Crippen LogP contribution in [0.3, 0.4) is 0 Å². The Morgan fingerprint density at radius 2 is 0.941 bits per heavy atom. The van der Waals surface area contributed by atoms with Gasteiger partial charge in [0.05, 0.1) is 92.5 Å². The normalized spacial score (nSPS) is 11.0. The lowest BCUT2D eigenvalue weighted by Crippen LogP contribution is -2.31. The summed E-state index contributed by atoms with van der Waals surface area (Å²) in [6.07, 6.45) is 1.38. The van der Waals surface area contributed by atoms with Crippen molar-refractivity contribution < 1.29 is 47.9 Å². The highest BCUT2D eigenvalue weighted by molar-refractivity contribution is 5.77. The van der Waals surface area contributed by atoms with Gasteiger partial charge in [-0.05, 0) is 6.42 Å². The number of nitrogens with one attached hydrogen (secondary N) is 2. The molecule has 12 nitrogen and oxygen atoms in total. The molecule has 0 aliphatic carbocycles. The Bertz CT molecular complexity index is 457. The largest absolute Gasteiger partial charge is 0.394 e. The van der Waals surface area contributed by atoms with E-state index in [0.29, 0.717) is 105 Å². The third-order valence-corrected chi connectivity index (χ3v) is 3.94. The van der Waals surface area contributed by atoms with Crippen molar-refractivity contribution >= 4 is 11.8 Å². The summed E-state index contributed by atoms with van der Waals surface area (Å²) in [5.74, 6) is -0.167. The summed E-state index contributed by atoms with van der Waals surface area (Å²) in [7, 11) is 0. The number of hydrogen-bond acceptors (Lipinski definition) is 10. The van der Waals surface area contributed by atoms with Gasteiger partial charge in [-0.15, -0.1) is 0 Å². The van der Waals surface area contributed by atoms with E-state index in [2.05, 4.69) is 10.6 Å². The van der Waals surface area contributed by atoms with E-state index in [9.17, 15) is 9.59 Å². The number of hydrogen-bond donors (Lipinski definition) is 3. The molecule has 0 fully saturated rings. The number of aliphatic hydroxyl groups is 1. The first-order valence-corrected chi connectivity index (χ1v) is 11.9. The molecule has 3 N–H and O–H groups in total. The predicted octanol–water partition coefficient (Wildman–Crippen LogP) is -0.873. The lowest BCUT2D eigenvalue weighted by molar-refractivity contribution is -0.126. The lowest BCUT2D eigenvalue weighted by atomic mass is 10.3. The zero-order valence-electron chi connectivity index (χ0n) is 20.6. The minimum absolute atomic E-state index is 0.00483. The first-order valence-electron chi connectivity index (χ1n) is 11.9. The number of carbonyl (C=O) groups is 2. The minimum atomic E-state index is -0.214. The predicted molar refractivity (Wildman–Crippen MR) is 124 cm³/mol. The van der Waals surface area contributed by atoms with Gasteiger partial charge in [0.25, 0.3) is 0 Å². The molecule has 0 aliphatic rings. The molecule has 0 heterocycles. The lowest BCUT2D eigenvalue weighted by Gasteiger charge is -2.09. The van der Waals surface area contributed by atoms with Crippen molar-refractivity contribution in [3.05, 3.63) is 0 Å². The molecule has 0 aliphatic heterocycles. The highest BCUT2D eigenvalue weighted by Gasteiger charge is 2.01. The summed E-state index contributed by atoms with van der Waals surface area (Å²) < 4.78 is 37.0. The van der Waals surface area contributed by atoms with Crippen molar-refractivity contribution in [1.29, 1.82) is 0 Å². The fourth-order valence-corrected chi connectivity index (χ4v) is 2.32. The third kappa shape index (κ3) is 26.9. The second-order valence-corrected chi connectivity index (χ2v) is 6.90. The molecule has 0 atom stereocenters. The first-order chi connectivity index (χ1) is 16.7. The molecule has 202 valence electrons. The van der Waals surface area contributed by atoms with Crippen LogP contribution < -0.4 is 10.6 Å². The van der Waals surface area contributed by atoms with Gasteiger partial charge in [0, 0.05) is 19.5 Å². The summed E-state index contributed by atoms with van der Waals surface area (Å²) in [5, 5.41) is 14.0. The molecule has 0 rings (SSSR count). The maximum Gasteiger partial charge on any atom is 0.246 e. The molecule has 0 saturated carbocycles. The molecule has 34 heavy (non-hydrogen) atoms. The Labute approximate surface area is 202 Å². The van der Waals surface area contributed by atoms with Crippen molar-refractivity contribution in [2.75, 3.05) is 112 Å². The molecule has 0 aromatic carbocycles. The molecule has 0 saturated heterocycles. The number of rotatable bonds is 27. The molecular formula is C22H44N2O10. The summed E-state index contributed by atoms with van der Waals surface area (Å²) >= 11 is 0. The minimum Gasteiger partial charge on any atom is -0.394 e. The molecule has 0 unspecified atom stereocenters. The maximum atomic E-state index is 11.6. The SMILES string of the molecule is CCCC(=O)NCCOCCOCCOCCOCC(=O)NCCOCCOCCOCCO. The van der Waals surface area contributed by atoms with Crippen LogP contribution in [0, 0.1) is 0 Å². The smallest absolute Gasteiger partial charge is 0.246 e. The van der Waals surface area contributed by atoms with Gasteiger partial charge in [-0.2, -0.15) is 0 Å². The van der Waals surface area contributed by atoms with Crippen LogP contribution in [0.5, 0.6) is 0 Å². The highest BCUT2D eigenvalue weighted by atomic mass is 16.6. The van der Waals surface area contributed by atoms with E-state index in [1.807, 2.05) is 6.92 Å². The van der Waals surface area contributed by atoms with Crippen LogP contribution in [0.4, 0.5) is 0 Å². The molecule has 0 bridgehead atoms. The van der Waals surface area contributed by atoms with E-state index >= 15 is 0 Å². The molecule has 0 radical (unpaired) electrons. The molecule has 2 amide bonds. The van der Waals surface area contributed by atoms with Gasteiger partial charge >= 0.3 is 0 Å². The van der Waals surface area contributed by atoms with E-state index in [4.69, 9.17) is 38.3 Å². The zero-order chi connectivity index (χ0) is 25.0. The molecule has 0 aromatic heterocycles. The standard InChI is InChI=1S/C22H44N2O10/c1-2-3-21(26)23-4-7-28-10-14-32-16-17-33-18-19-34-20-22(27)24-5-8-29-11-13-31-15-12-30-9-6-25/h25H,2-20H2,1H3,(H,23,26)(H,24,27). The second kappa shape index (κ2) is 27.9. The van der Waals surface area contributed by atoms with Gasteiger partial charge in [-0.3, -0.25) is 9.59 Å². The van der Waals surface area contributed by atoms with Crippen molar-refractivity contribution in [2.24, 2.45) is 0 Å². The fourth-order valence-electron chi connectivity index (χ4n) is 2.32. The quantitative estimate of drug-likeness (QED) is 0.123. The van der Waals surface area contributed by atoms with Gasteiger partial charge in [0.2, 0.25) is 11.8 Å². The van der Waals surface area contributed by atoms with Crippen LogP contribution in [-0.2, 0) is 42.7 Å². The van der Waals surface area contributed by atoms with E-state index in [1.165, 1.54) is 0 Å². The number of aliphatic hydroxyl groups excluding tert-OH is 1. The Balaban J connectivity index is 3.17. The Morgan fingerprint density at radius 3 is 1.38 bits per heavy atom. The third-order valence-electron chi connectivity index (χ3n) is 3.94. The van der Waals surface area contributed by atoms with Crippen molar-refractivity contribution in [3.63, 3.8) is 0 Å². The van der Waals surface area contributed by atoms with Crippen LogP contribution in [0.15, 0.2) is 0 Å². The Morgan fingerprint density at radius 1 is 0.559 bits per heavy atom. The Hall–Kier alpha value is -1.38. The highest BCUT2D eigenvalue weighted by Crippen LogP contribution is 1.86. The van der Waals surface area contributed by atoms with Crippen molar-refractivity contribution in [3.8, 4) is 0 Å². The van der Waals surface area contributed by atoms with Gasteiger partial charge in [0.15, 0.2) is 0 Å². The molecule has 0 spiro atoms. The van der Waals surface area contributed by atoms with Crippen LogP contribution in [0.25, 0.3) is 0 Å². The van der Waals surface area contributed by atoms with Crippen molar-refractivity contribution in [1.82, 2.24) is 10.6 Å². The summed E-state index contributed by atoms with van der Waals surface area (Å²) in [5.41, 5.74) is 0. The van der Waals surface area contributed by atoms with Gasteiger partial charge in [-0.1, -0.05) is 6.92 Å². The second-order valence-electron chi connectivity index (χ2n) is 6.90. The number of ether oxygens (including phenoxy) is 7. The molecule has 0 aromatic rings. The van der Waals surface area contributed by atoms with Crippen LogP contribution in [-0.4, -0.2) is 129 Å². The number of carbonyl (C=O) groups excluding carboxylic acids is 2. The summed E-state index contributed by atoms with van der Waals surface area (Å²) in [6, 6.07) is 0. The van der Waals surface area contributed by atoms with E-state index in [1.54, 1.807) is 0 Å². The van der Waals surface area contributed by atoms with Gasteiger partial charge < -0.3 is 48.9 Å². The maximum absolute atomic E-state index is 11.6. The Kier molecular flexibility index (Phi) is 26.7. The summed E-state index contributed by atoms with van der Waals surface area (Å²) in [6.45, 7) is 8.24. The zero-order valence-corrected chi connectivity index (χ0v) is 20.6. The van der Waals surface area contributed by atoms with E-state index < -0.39 is 0 Å².